The average molecular weight is 480 g/mol. The number of carbonyl (C=O) groups is 2. The highest BCUT2D eigenvalue weighted by atomic mass is 35.5. The van der Waals surface area contributed by atoms with Gasteiger partial charge in [0.25, 0.3) is 0 Å². The summed E-state index contributed by atoms with van der Waals surface area (Å²) in [5.74, 6) is -0.554. The molecule has 0 heterocycles. The molecule has 0 radical (unpaired) electrons. The van der Waals surface area contributed by atoms with Gasteiger partial charge in [-0.05, 0) is 79.4 Å². The quantitative estimate of drug-likeness (QED) is 0.269. The average Bonchev–Trinajstić information content (AvgIpc) is 2.82. The van der Waals surface area contributed by atoms with E-state index >= 15 is 0 Å². The van der Waals surface area contributed by atoms with Crippen LogP contribution in [0.2, 0.25) is 5.02 Å². The third kappa shape index (κ3) is 7.08. The van der Waals surface area contributed by atoms with Gasteiger partial charge in [0.1, 0.15) is 6.61 Å². The van der Waals surface area contributed by atoms with Crippen molar-refractivity contribution in [1.29, 1.82) is 0 Å². The number of nitrogens with one attached hydrogen (secondary N) is 2. The van der Waals surface area contributed by atoms with E-state index in [1.807, 2.05) is 45.0 Å². The van der Waals surface area contributed by atoms with Crippen molar-refractivity contribution >= 4 is 35.3 Å². The normalized spacial score (nSPS) is 10.7. The Balaban J connectivity index is 1.60. The molecule has 0 aromatic heterocycles. The summed E-state index contributed by atoms with van der Waals surface area (Å²) in [7, 11) is 0. The minimum atomic E-state index is -0.870. The molecule has 3 rings (SSSR count). The highest BCUT2D eigenvalue weighted by Crippen LogP contribution is 2.29. The second kappa shape index (κ2) is 11.9. The molecular formula is C26H26ClN3O4. The molecule has 0 aliphatic carbocycles. The number of aryl methyl sites for hydroxylation is 2. The van der Waals surface area contributed by atoms with Crippen LogP contribution in [-0.4, -0.2) is 24.6 Å². The molecule has 3 aromatic rings. The van der Waals surface area contributed by atoms with Crippen LogP contribution in [0, 0.1) is 13.8 Å². The number of carbonyl (C=O) groups excluding carboxylic acids is 2. The number of amides is 2. The molecule has 0 saturated carbocycles. The lowest BCUT2D eigenvalue weighted by molar-refractivity contribution is -0.136. The van der Waals surface area contributed by atoms with Gasteiger partial charge in [-0.2, -0.15) is 5.10 Å². The topological polar surface area (TPSA) is 89.0 Å². The van der Waals surface area contributed by atoms with Gasteiger partial charge in [-0.3, -0.25) is 9.59 Å². The second-order valence-corrected chi connectivity index (χ2v) is 7.96. The lowest BCUT2D eigenvalue weighted by atomic mass is 10.1. The summed E-state index contributed by atoms with van der Waals surface area (Å²) in [6.07, 6.45) is 1.43. The molecule has 2 N–H and O–H groups in total. The standard InChI is InChI=1S/C26H26ClN3O4/c1-4-33-24-14-20(9-12-23(24)34-16-19-7-10-21(27)11-8-19)15-28-30-26(32)25(31)29-22-13-17(2)5-6-18(22)3/h5-15H,4,16H2,1-3H3,(H,29,31)(H,30,32)/b28-15+. The molecule has 0 aliphatic rings. The van der Waals surface area contributed by atoms with Gasteiger partial charge in [0.15, 0.2) is 11.5 Å². The van der Waals surface area contributed by atoms with Gasteiger partial charge in [-0.25, -0.2) is 5.43 Å². The number of ether oxygens (including phenoxy) is 2. The summed E-state index contributed by atoms with van der Waals surface area (Å²) in [6, 6.07) is 18.3. The Morgan fingerprint density at radius 2 is 1.71 bits per heavy atom. The first-order valence-corrected chi connectivity index (χ1v) is 11.1. The molecule has 34 heavy (non-hydrogen) atoms. The molecule has 176 valence electrons. The smallest absolute Gasteiger partial charge is 0.329 e. The Labute approximate surface area is 203 Å². The number of hydrogen-bond donors (Lipinski definition) is 2. The molecule has 2 amide bonds. The minimum Gasteiger partial charge on any atom is -0.490 e. The lowest BCUT2D eigenvalue weighted by Crippen LogP contribution is -2.32. The van der Waals surface area contributed by atoms with Gasteiger partial charge >= 0.3 is 11.8 Å². The first-order chi connectivity index (χ1) is 16.4. The van der Waals surface area contributed by atoms with E-state index in [9.17, 15) is 9.59 Å². The third-order valence-electron chi connectivity index (χ3n) is 4.80. The zero-order valence-corrected chi connectivity index (χ0v) is 20.0. The van der Waals surface area contributed by atoms with Crippen molar-refractivity contribution in [2.75, 3.05) is 11.9 Å². The Bertz CT molecular complexity index is 1190. The van der Waals surface area contributed by atoms with Crippen LogP contribution in [0.25, 0.3) is 0 Å². The Morgan fingerprint density at radius 3 is 2.44 bits per heavy atom. The Morgan fingerprint density at radius 1 is 0.941 bits per heavy atom. The minimum absolute atomic E-state index is 0.357. The van der Waals surface area contributed by atoms with Crippen LogP contribution in [0.5, 0.6) is 11.5 Å². The summed E-state index contributed by atoms with van der Waals surface area (Å²) in [4.78, 5) is 24.3. The summed E-state index contributed by atoms with van der Waals surface area (Å²) in [6.45, 7) is 6.44. The largest absolute Gasteiger partial charge is 0.490 e. The number of hydrazone groups is 1. The van der Waals surface area contributed by atoms with Gasteiger partial charge in [-0.15, -0.1) is 0 Å². The predicted molar refractivity (Wildman–Crippen MR) is 134 cm³/mol. The fourth-order valence-corrected chi connectivity index (χ4v) is 3.13. The van der Waals surface area contributed by atoms with Gasteiger partial charge in [0, 0.05) is 10.7 Å². The maximum absolute atomic E-state index is 12.2. The first kappa shape index (κ1) is 24.8. The zero-order valence-electron chi connectivity index (χ0n) is 19.2. The summed E-state index contributed by atoms with van der Waals surface area (Å²) < 4.78 is 11.6. The fourth-order valence-electron chi connectivity index (χ4n) is 3.00. The van der Waals surface area contributed by atoms with E-state index in [-0.39, 0.29) is 0 Å². The number of hydrogen-bond acceptors (Lipinski definition) is 5. The molecule has 0 unspecified atom stereocenters. The summed E-state index contributed by atoms with van der Waals surface area (Å²) in [5.41, 5.74) is 6.29. The number of benzene rings is 3. The van der Waals surface area contributed by atoms with Crippen LogP contribution in [0.4, 0.5) is 5.69 Å². The van der Waals surface area contributed by atoms with Crippen molar-refractivity contribution in [2.24, 2.45) is 5.10 Å². The number of anilines is 1. The number of halogens is 1. The SMILES string of the molecule is CCOc1cc(/C=N/NC(=O)C(=O)Nc2cc(C)ccc2C)ccc1OCc1ccc(Cl)cc1. The van der Waals surface area contributed by atoms with Gasteiger partial charge < -0.3 is 14.8 Å². The molecule has 0 saturated heterocycles. The highest BCUT2D eigenvalue weighted by Gasteiger charge is 2.14. The first-order valence-electron chi connectivity index (χ1n) is 10.7. The second-order valence-electron chi connectivity index (χ2n) is 7.53. The van der Waals surface area contributed by atoms with E-state index in [2.05, 4.69) is 15.8 Å². The predicted octanol–water partition coefficient (Wildman–Crippen LogP) is 5.02. The molecular weight excluding hydrogens is 454 g/mol. The lowest BCUT2D eigenvalue weighted by Gasteiger charge is -2.12. The van der Waals surface area contributed by atoms with Gasteiger partial charge in [0.2, 0.25) is 0 Å². The Kier molecular flexibility index (Phi) is 8.65. The fraction of sp³-hybridized carbons (Fsp3) is 0.192. The summed E-state index contributed by atoms with van der Waals surface area (Å²) >= 11 is 5.92. The van der Waals surface area contributed by atoms with E-state index in [0.29, 0.717) is 41.0 Å². The van der Waals surface area contributed by atoms with E-state index in [4.69, 9.17) is 21.1 Å². The number of rotatable bonds is 8. The molecule has 0 spiro atoms. The molecule has 8 heteroatoms. The Hall–Kier alpha value is -3.84. The van der Waals surface area contributed by atoms with E-state index in [0.717, 1.165) is 16.7 Å². The molecule has 3 aromatic carbocycles. The molecule has 0 aliphatic heterocycles. The van der Waals surface area contributed by atoms with E-state index < -0.39 is 11.8 Å². The van der Waals surface area contributed by atoms with Crippen molar-refractivity contribution in [3.8, 4) is 11.5 Å². The van der Waals surface area contributed by atoms with E-state index in [1.165, 1.54) is 6.21 Å². The molecule has 0 atom stereocenters. The van der Waals surface area contributed by atoms with Gasteiger partial charge in [0.05, 0.1) is 12.8 Å². The van der Waals surface area contributed by atoms with Gasteiger partial charge in [-0.1, -0.05) is 35.9 Å². The maximum atomic E-state index is 12.2. The molecule has 0 fully saturated rings. The van der Waals surface area contributed by atoms with Crippen LogP contribution >= 0.6 is 11.6 Å². The van der Waals surface area contributed by atoms with Crippen LogP contribution in [-0.2, 0) is 16.2 Å². The number of nitrogens with zero attached hydrogens (tertiary/aromatic N) is 1. The maximum Gasteiger partial charge on any atom is 0.329 e. The van der Waals surface area contributed by atoms with Crippen LogP contribution < -0.4 is 20.2 Å². The van der Waals surface area contributed by atoms with E-state index in [1.54, 1.807) is 36.4 Å². The van der Waals surface area contributed by atoms with Crippen LogP contribution in [0.1, 0.15) is 29.2 Å². The van der Waals surface area contributed by atoms with Crippen LogP contribution in [0.3, 0.4) is 0 Å². The monoisotopic (exact) mass is 479 g/mol. The molecule has 7 nitrogen and oxygen atoms in total. The highest BCUT2D eigenvalue weighted by molar-refractivity contribution is 6.39. The molecule has 0 bridgehead atoms. The van der Waals surface area contributed by atoms with Crippen molar-refractivity contribution in [1.82, 2.24) is 5.43 Å². The zero-order chi connectivity index (χ0) is 24.5. The van der Waals surface area contributed by atoms with Crippen molar-refractivity contribution in [3.63, 3.8) is 0 Å². The van der Waals surface area contributed by atoms with Crippen molar-refractivity contribution in [3.05, 3.63) is 87.9 Å². The van der Waals surface area contributed by atoms with Crippen molar-refractivity contribution < 1.29 is 19.1 Å². The third-order valence-corrected chi connectivity index (χ3v) is 5.05. The van der Waals surface area contributed by atoms with Crippen LogP contribution in [0.15, 0.2) is 65.8 Å². The summed E-state index contributed by atoms with van der Waals surface area (Å²) in [5, 5.41) is 7.14. The van der Waals surface area contributed by atoms with Crippen molar-refractivity contribution in [2.45, 2.75) is 27.4 Å².